The van der Waals surface area contributed by atoms with Crippen LogP contribution in [-0.2, 0) is 4.79 Å². The number of rotatable bonds is 1. The first-order chi connectivity index (χ1) is 10.9. The van der Waals surface area contributed by atoms with Crippen molar-refractivity contribution < 1.29 is 4.79 Å². The molecule has 0 radical (unpaired) electrons. The van der Waals surface area contributed by atoms with Gasteiger partial charge in [0.15, 0.2) is 0 Å². The maximum Gasteiger partial charge on any atom is 0.220 e. The molecule has 128 valence electrons. The second-order valence-corrected chi connectivity index (χ2v) is 7.01. The van der Waals surface area contributed by atoms with Gasteiger partial charge in [-0.2, -0.15) is 0 Å². The topological polar surface area (TPSA) is 53.2 Å². The van der Waals surface area contributed by atoms with Crippen LogP contribution in [0.3, 0.4) is 0 Å². The Hall–Kier alpha value is -0.610. The molecule has 2 fully saturated rings. The summed E-state index contributed by atoms with van der Waals surface area (Å²) in [6.07, 6.45) is 13.1. The first kappa shape index (κ1) is 17.7. The van der Waals surface area contributed by atoms with E-state index in [0.717, 1.165) is 39.0 Å². The van der Waals surface area contributed by atoms with E-state index in [9.17, 15) is 4.79 Å². The Morgan fingerprint density at radius 2 is 1.50 bits per heavy atom. The molecule has 1 amide bonds. The van der Waals surface area contributed by atoms with Crippen molar-refractivity contribution in [3.05, 3.63) is 0 Å². The molecular weight excluding hydrogens is 274 g/mol. The van der Waals surface area contributed by atoms with E-state index < -0.39 is 0 Å². The van der Waals surface area contributed by atoms with Crippen molar-refractivity contribution in [2.24, 2.45) is 5.92 Å². The van der Waals surface area contributed by atoms with E-state index in [1.807, 2.05) is 0 Å². The molecule has 2 unspecified atom stereocenters. The number of hydrogen-bond acceptors (Lipinski definition) is 3. The first-order valence-corrected chi connectivity index (χ1v) is 9.57. The van der Waals surface area contributed by atoms with Gasteiger partial charge in [0.25, 0.3) is 0 Å². The lowest BCUT2D eigenvalue weighted by Gasteiger charge is -2.29. The molecule has 3 N–H and O–H groups in total. The molecule has 2 atom stereocenters. The lowest BCUT2D eigenvalue weighted by molar-refractivity contribution is -0.121. The molecule has 2 saturated heterocycles. The van der Waals surface area contributed by atoms with Crippen LogP contribution in [0.25, 0.3) is 0 Å². The average Bonchev–Trinajstić information content (AvgIpc) is 2.58. The van der Waals surface area contributed by atoms with Crippen molar-refractivity contribution >= 4 is 5.91 Å². The van der Waals surface area contributed by atoms with Gasteiger partial charge < -0.3 is 16.0 Å². The molecule has 0 aliphatic carbocycles. The summed E-state index contributed by atoms with van der Waals surface area (Å²) in [6.45, 7) is 4.31. The van der Waals surface area contributed by atoms with Crippen molar-refractivity contribution in [1.82, 2.24) is 16.0 Å². The van der Waals surface area contributed by atoms with Crippen LogP contribution in [0.5, 0.6) is 0 Å². The van der Waals surface area contributed by atoms with Crippen LogP contribution in [0.1, 0.15) is 70.6 Å². The van der Waals surface area contributed by atoms with Gasteiger partial charge in [0.1, 0.15) is 0 Å². The fourth-order valence-electron chi connectivity index (χ4n) is 3.80. The molecule has 0 bridgehead atoms. The SMILES string of the molecule is O=C1CCC(C2CCCNCCCCN2)CCCCCCN1. The van der Waals surface area contributed by atoms with Crippen LogP contribution >= 0.6 is 0 Å². The van der Waals surface area contributed by atoms with E-state index in [0.29, 0.717) is 18.4 Å². The van der Waals surface area contributed by atoms with E-state index in [1.54, 1.807) is 0 Å². The molecule has 22 heavy (non-hydrogen) atoms. The summed E-state index contributed by atoms with van der Waals surface area (Å²) in [5, 5.41) is 10.4. The number of nitrogens with one attached hydrogen (secondary N) is 3. The zero-order valence-corrected chi connectivity index (χ0v) is 14.2. The van der Waals surface area contributed by atoms with E-state index >= 15 is 0 Å². The van der Waals surface area contributed by atoms with Gasteiger partial charge in [0.05, 0.1) is 0 Å². The largest absolute Gasteiger partial charge is 0.356 e. The van der Waals surface area contributed by atoms with E-state index in [2.05, 4.69) is 16.0 Å². The highest BCUT2D eigenvalue weighted by molar-refractivity contribution is 5.75. The molecule has 0 spiro atoms. The number of carbonyl (C=O) groups excluding carboxylic acids is 1. The maximum absolute atomic E-state index is 11.9. The van der Waals surface area contributed by atoms with Gasteiger partial charge in [-0.25, -0.2) is 0 Å². The summed E-state index contributed by atoms with van der Waals surface area (Å²) in [5.74, 6) is 0.928. The molecule has 0 aromatic carbocycles. The Morgan fingerprint density at radius 1 is 0.727 bits per heavy atom. The smallest absolute Gasteiger partial charge is 0.220 e. The van der Waals surface area contributed by atoms with Gasteiger partial charge in [-0.1, -0.05) is 19.3 Å². The van der Waals surface area contributed by atoms with Crippen LogP contribution in [0.2, 0.25) is 0 Å². The fraction of sp³-hybridized carbons (Fsp3) is 0.944. The highest BCUT2D eigenvalue weighted by atomic mass is 16.1. The molecule has 4 heteroatoms. The normalized spacial score (nSPS) is 30.8. The molecule has 2 aliphatic rings. The Bertz CT molecular complexity index is 299. The molecule has 0 aromatic heterocycles. The highest BCUT2D eigenvalue weighted by Gasteiger charge is 2.22. The van der Waals surface area contributed by atoms with E-state index in [1.165, 1.54) is 51.4 Å². The molecule has 2 heterocycles. The van der Waals surface area contributed by atoms with Crippen LogP contribution in [0.4, 0.5) is 0 Å². The van der Waals surface area contributed by atoms with Crippen LogP contribution in [0.15, 0.2) is 0 Å². The summed E-state index contributed by atoms with van der Waals surface area (Å²) < 4.78 is 0. The second kappa shape index (κ2) is 11.0. The fourth-order valence-corrected chi connectivity index (χ4v) is 3.80. The summed E-state index contributed by atoms with van der Waals surface area (Å²) in [6, 6.07) is 0.605. The quantitative estimate of drug-likeness (QED) is 0.698. The standard InChI is InChI=1S/C18H35N3O/c22-18-11-10-16(8-3-1-2-4-15-21-18)17-9-7-13-19-12-5-6-14-20-17/h16-17,19-20H,1-15H2,(H,21,22). The summed E-state index contributed by atoms with van der Waals surface area (Å²) >= 11 is 0. The summed E-state index contributed by atoms with van der Waals surface area (Å²) in [7, 11) is 0. The van der Waals surface area contributed by atoms with Gasteiger partial charge in [0, 0.05) is 19.0 Å². The van der Waals surface area contributed by atoms with Crippen LogP contribution in [-0.4, -0.2) is 38.1 Å². The lowest BCUT2D eigenvalue weighted by Crippen LogP contribution is -2.39. The Labute approximate surface area is 136 Å². The van der Waals surface area contributed by atoms with Crippen molar-refractivity contribution in [3.63, 3.8) is 0 Å². The highest BCUT2D eigenvalue weighted by Crippen LogP contribution is 2.23. The number of amides is 1. The third-order valence-corrected chi connectivity index (χ3v) is 5.19. The monoisotopic (exact) mass is 309 g/mol. The zero-order chi connectivity index (χ0) is 15.5. The zero-order valence-electron chi connectivity index (χ0n) is 14.2. The van der Waals surface area contributed by atoms with Gasteiger partial charge in [-0.3, -0.25) is 4.79 Å². The third-order valence-electron chi connectivity index (χ3n) is 5.19. The Balaban J connectivity index is 1.88. The molecule has 0 aromatic rings. The van der Waals surface area contributed by atoms with Crippen LogP contribution < -0.4 is 16.0 Å². The predicted molar refractivity (Wildman–Crippen MR) is 91.9 cm³/mol. The second-order valence-electron chi connectivity index (χ2n) is 7.01. The van der Waals surface area contributed by atoms with E-state index in [-0.39, 0.29) is 5.91 Å². The van der Waals surface area contributed by atoms with Crippen molar-refractivity contribution in [3.8, 4) is 0 Å². The lowest BCUT2D eigenvalue weighted by atomic mass is 9.86. The maximum atomic E-state index is 11.9. The van der Waals surface area contributed by atoms with Gasteiger partial charge in [-0.15, -0.1) is 0 Å². The van der Waals surface area contributed by atoms with Crippen molar-refractivity contribution in [2.45, 2.75) is 76.7 Å². The first-order valence-electron chi connectivity index (χ1n) is 9.57. The Morgan fingerprint density at radius 3 is 2.45 bits per heavy atom. The van der Waals surface area contributed by atoms with Crippen molar-refractivity contribution in [1.29, 1.82) is 0 Å². The minimum atomic E-state index is 0.258. The number of hydrogen-bond donors (Lipinski definition) is 3. The molecule has 4 nitrogen and oxygen atoms in total. The molecule has 2 aliphatic heterocycles. The predicted octanol–water partition coefficient (Wildman–Crippen LogP) is 2.58. The van der Waals surface area contributed by atoms with Crippen LogP contribution in [0, 0.1) is 5.92 Å². The Kier molecular flexibility index (Phi) is 8.88. The van der Waals surface area contributed by atoms with Gasteiger partial charge >= 0.3 is 0 Å². The van der Waals surface area contributed by atoms with Gasteiger partial charge in [0.2, 0.25) is 5.91 Å². The minimum absolute atomic E-state index is 0.258. The third kappa shape index (κ3) is 7.10. The average molecular weight is 309 g/mol. The minimum Gasteiger partial charge on any atom is -0.356 e. The van der Waals surface area contributed by atoms with Crippen molar-refractivity contribution in [2.75, 3.05) is 26.2 Å². The molecular formula is C18H35N3O. The van der Waals surface area contributed by atoms with Gasteiger partial charge in [-0.05, 0) is 70.5 Å². The molecule has 2 rings (SSSR count). The molecule has 0 saturated carbocycles. The summed E-state index contributed by atoms with van der Waals surface area (Å²) in [5.41, 5.74) is 0. The summed E-state index contributed by atoms with van der Waals surface area (Å²) in [4.78, 5) is 11.9. The number of carbonyl (C=O) groups is 1. The van der Waals surface area contributed by atoms with E-state index in [4.69, 9.17) is 0 Å².